The normalized spacial score (nSPS) is 10.3. The zero-order valence-electron chi connectivity index (χ0n) is 17.7. The lowest BCUT2D eigenvalue weighted by molar-refractivity contribution is -0.117. The summed E-state index contributed by atoms with van der Waals surface area (Å²) >= 11 is 0. The van der Waals surface area contributed by atoms with Gasteiger partial charge in [0.25, 0.3) is 0 Å². The van der Waals surface area contributed by atoms with Crippen molar-refractivity contribution in [1.82, 2.24) is 15.6 Å². The number of aliphatic hydroxyl groups is 1. The first-order valence-corrected chi connectivity index (χ1v) is 10.1. The van der Waals surface area contributed by atoms with Crippen LogP contribution in [0.15, 0.2) is 31.5 Å². The Labute approximate surface area is 178 Å². The first-order valence-electron chi connectivity index (χ1n) is 10.1. The summed E-state index contributed by atoms with van der Waals surface area (Å²) in [5.74, 6) is 0.219. The van der Waals surface area contributed by atoms with E-state index in [2.05, 4.69) is 28.8 Å². The number of aromatic nitrogens is 1. The van der Waals surface area contributed by atoms with Gasteiger partial charge in [-0.1, -0.05) is 13.2 Å². The van der Waals surface area contributed by atoms with Crippen LogP contribution in [0.5, 0.6) is 5.75 Å². The molecule has 0 aromatic carbocycles. The van der Waals surface area contributed by atoms with Gasteiger partial charge < -0.3 is 25.2 Å². The van der Waals surface area contributed by atoms with E-state index in [0.717, 1.165) is 31.2 Å². The molecule has 0 bridgehead atoms. The Kier molecular flexibility index (Phi) is 12.8. The van der Waals surface area contributed by atoms with Crippen molar-refractivity contribution in [1.29, 1.82) is 0 Å². The maximum Gasteiger partial charge on any atom is 0.243 e. The number of nitrogens with zero attached hydrogens (tertiary/aromatic N) is 1. The van der Waals surface area contributed by atoms with Gasteiger partial charge in [-0.05, 0) is 44.8 Å². The average Bonchev–Trinajstić information content (AvgIpc) is 2.76. The largest absolute Gasteiger partial charge is 0.491 e. The van der Waals surface area contributed by atoms with Crippen molar-refractivity contribution in [2.24, 2.45) is 0 Å². The van der Waals surface area contributed by atoms with Gasteiger partial charge in [-0.2, -0.15) is 0 Å². The molecule has 166 valence electrons. The molecule has 2 amide bonds. The predicted octanol–water partition coefficient (Wildman–Crippen LogP) is 1.94. The number of carbonyl (C=O) groups is 2. The monoisotopic (exact) mass is 419 g/mol. The van der Waals surface area contributed by atoms with Crippen molar-refractivity contribution < 1.29 is 24.2 Å². The fourth-order valence-electron chi connectivity index (χ4n) is 2.64. The van der Waals surface area contributed by atoms with E-state index in [1.165, 1.54) is 12.2 Å². The summed E-state index contributed by atoms with van der Waals surface area (Å²) in [6.07, 6.45) is 7.33. The predicted molar refractivity (Wildman–Crippen MR) is 115 cm³/mol. The number of hydrogen-bond donors (Lipinski definition) is 3. The van der Waals surface area contributed by atoms with Crippen LogP contribution in [0.2, 0.25) is 0 Å². The lowest BCUT2D eigenvalue weighted by Crippen LogP contribution is -2.22. The van der Waals surface area contributed by atoms with Crippen molar-refractivity contribution in [3.63, 3.8) is 0 Å². The van der Waals surface area contributed by atoms with Crippen molar-refractivity contribution >= 4 is 11.8 Å². The van der Waals surface area contributed by atoms with Crippen LogP contribution in [0.3, 0.4) is 0 Å². The molecule has 0 aliphatic carbocycles. The topological polar surface area (TPSA) is 110 Å². The summed E-state index contributed by atoms with van der Waals surface area (Å²) in [5, 5.41) is 15.3. The highest BCUT2D eigenvalue weighted by Crippen LogP contribution is 2.26. The van der Waals surface area contributed by atoms with Crippen molar-refractivity contribution in [2.75, 3.05) is 26.3 Å². The van der Waals surface area contributed by atoms with E-state index in [1.54, 1.807) is 6.20 Å². The fraction of sp³-hybridized carbons (Fsp3) is 0.500. The summed E-state index contributed by atoms with van der Waals surface area (Å²) in [6.45, 7) is 10.9. The number of unbranched alkanes of at least 4 members (excludes halogenated alkanes) is 2. The van der Waals surface area contributed by atoms with E-state index in [1.807, 2.05) is 6.92 Å². The van der Waals surface area contributed by atoms with E-state index in [4.69, 9.17) is 9.47 Å². The number of aliphatic hydroxyl groups excluding tert-OH is 1. The molecule has 8 heteroatoms. The van der Waals surface area contributed by atoms with E-state index in [9.17, 15) is 14.7 Å². The molecule has 1 heterocycles. The molecule has 0 saturated carbocycles. The third-order valence-electron chi connectivity index (χ3n) is 4.32. The molecular formula is C22H33N3O5. The van der Waals surface area contributed by atoms with Gasteiger partial charge in [-0.3, -0.25) is 14.6 Å². The summed E-state index contributed by atoms with van der Waals surface area (Å²) in [5.41, 5.74) is 2.18. The smallest absolute Gasteiger partial charge is 0.243 e. The number of amides is 2. The molecule has 1 rings (SSSR count). The van der Waals surface area contributed by atoms with E-state index >= 15 is 0 Å². The molecule has 0 fully saturated rings. The molecule has 8 nitrogen and oxygen atoms in total. The molecule has 30 heavy (non-hydrogen) atoms. The molecule has 3 N–H and O–H groups in total. The minimum absolute atomic E-state index is 0.166. The molecular weight excluding hydrogens is 386 g/mol. The third kappa shape index (κ3) is 9.67. The molecule has 0 spiro atoms. The number of pyridine rings is 1. The molecule has 0 radical (unpaired) electrons. The van der Waals surface area contributed by atoms with Crippen molar-refractivity contribution in [3.05, 3.63) is 48.3 Å². The Morgan fingerprint density at radius 3 is 2.23 bits per heavy atom. The van der Waals surface area contributed by atoms with Gasteiger partial charge in [-0.15, -0.1) is 0 Å². The van der Waals surface area contributed by atoms with Crippen LogP contribution in [0.4, 0.5) is 0 Å². The summed E-state index contributed by atoms with van der Waals surface area (Å²) < 4.78 is 11.6. The summed E-state index contributed by atoms with van der Waals surface area (Å²) in [7, 11) is 0. The highest BCUT2D eigenvalue weighted by molar-refractivity contribution is 5.87. The van der Waals surface area contributed by atoms with Crippen LogP contribution in [-0.2, 0) is 27.5 Å². The molecule has 0 unspecified atom stereocenters. The Balaban J connectivity index is 2.42. The lowest BCUT2D eigenvalue weighted by atomic mass is 10.1. The van der Waals surface area contributed by atoms with Crippen LogP contribution in [0.25, 0.3) is 0 Å². The van der Waals surface area contributed by atoms with E-state index in [0.29, 0.717) is 49.9 Å². The van der Waals surface area contributed by atoms with Gasteiger partial charge in [0, 0.05) is 37.0 Å². The van der Waals surface area contributed by atoms with E-state index in [-0.39, 0.29) is 18.4 Å². The van der Waals surface area contributed by atoms with Gasteiger partial charge >= 0.3 is 0 Å². The van der Waals surface area contributed by atoms with Crippen molar-refractivity contribution in [3.8, 4) is 5.75 Å². The quantitative estimate of drug-likeness (QED) is 0.279. The number of rotatable bonds is 16. The average molecular weight is 420 g/mol. The first kappa shape index (κ1) is 25.3. The Hall–Kier alpha value is -2.71. The molecule has 1 aromatic rings. The Bertz CT molecular complexity index is 706. The number of nitrogens with one attached hydrogen (secondary N) is 2. The van der Waals surface area contributed by atoms with Gasteiger partial charge in [0.1, 0.15) is 5.75 Å². The first-order chi connectivity index (χ1) is 14.5. The lowest BCUT2D eigenvalue weighted by Gasteiger charge is -2.16. The second kappa shape index (κ2) is 15.2. The number of carbonyl (C=O) groups excluding carboxylic acids is 2. The van der Waals surface area contributed by atoms with Crippen LogP contribution >= 0.6 is 0 Å². The van der Waals surface area contributed by atoms with Gasteiger partial charge in [0.05, 0.1) is 25.5 Å². The van der Waals surface area contributed by atoms with Crippen LogP contribution in [0, 0.1) is 6.92 Å². The summed E-state index contributed by atoms with van der Waals surface area (Å²) in [4.78, 5) is 26.5. The standard InChI is InChI=1S/C22H33N3O5/c1-4-20(27)23-10-6-8-12-29-16-18-14-25-17(3)22(19(18)15-26)30-13-9-7-11-24-21(28)5-2/h4-5,14,26H,1-2,6-13,15-16H2,3H3,(H,23,27)(H,24,28). The second-order valence-corrected chi connectivity index (χ2v) is 6.64. The molecule has 0 saturated heterocycles. The number of aryl methyl sites for hydroxylation is 1. The van der Waals surface area contributed by atoms with Crippen LogP contribution in [0.1, 0.15) is 42.5 Å². The second-order valence-electron chi connectivity index (χ2n) is 6.64. The minimum atomic E-state index is -0.187. The van der Waals surface area contributed by atoms with Gasteiger partial charge in [-0.25, -0.2) is 0 Å². The zero-order valence-corrected chi connectivity index (χ0v) is 17.7. The van der Waals surface area contributed by atoms with Gasteiger partial charge in [0.2, 0.25) is 11.8 Å². The van der Waals surface area contributed by atoms with Crippen LogP contribution < -0.4 is 15.4 Å². The zero-order chi connectivity index (χ0) is 22.2. The third-order valence-corrected chi connectivity index (χ3v) is 4.32. The van der Waals surface area contributed by atoms with Crippen molar-refractivity contribution in [2.45, 2.75) is 45.8 Å². The highest BCUT2D eigenvalue weighted by Gasteiger charge is 2.13. The number of ether oxygens (including phenoxy) is 2. The Morgan fingerprint density at radius 1 is 1.07 bits per heavy atom. The van der Waals surface area contributed by atoms with E-state index < -0.39 is 0 Å². The molecule has 1 aromatic heterocycles. The minimum Gasteiger partial charge on any atom is -0.491 e. The van der Waals surface area contributed by atoms with Gasteiger partial charge in [0.15, 0.2) is 0 Å². The highest BCUT2D eigenvalue weighted by atomic mass is 16.5. The fourth-order valence-corrected chi connectivity index (χ4v) is 2.64. The maximum atomic E-state index is 11.1. The SMILES string of the molecule is C=CC(=O)NCCCCOCc1cnc(C)c(OCCCCNC(=O)C=C)c1CO. The Morgan fingerprint density at radius 2 is 1.67 bits per heavy atom. The molecule has 0 aliphatic heterocycles. The van der Waals surface area contributed by atoms with Crippen LogP contribution in [-0.4, -0.2) is 48.2 Å². The maximum absolute atomic E-state index is 11.1. The summed E-state index contributed by atoms with van der Waals surface area (Å²) in [6, 6.07) is 0. The molecule has 0 aliphatic rings. The molecule has 0 atom stereocenters. The number of hydrogen-bond acceptors (Lipinski definition) is 6.